The predicted octanol–water partition coefficient (Wildman–Crippen LogP) is 2.13. The van der Waals surface area contributed by atoms with Crippen molar-refractivity contribution in [2.45, 2.75) is 19.4 Å². The standard InChI is InChI=1S/C11H12Br2N4O/c1-2-3-14-11-16-9(10(18)17-11)8-7(13)4-6(12)5-15-8/h4-5,9H,2-3H2,1H3,(H2,14,16,17,18). The SMILES string of the molecule is CCCN=C1NC(=O)C(c2ncc(Br)cc2Br)N1. The van der Waals surface area contributed by atoms with E-state index in [1.54, 1.807) is 6.20 Å². The van der Waals surface area contributed by atoms with E-state index in [1.807, 2.05) is 13.0 Å². The second-order valence-electron chi connectivity index (χ2n) is 3.82. The zero-order valence-electron chi connectivity index (χ0n) is 9.70. The average Bonchev–Trinajstić information content (AvgIpc) is 2.68. The number of amides is 1. The monoisotopic (exact) mass is 374 g/mol. The van der Waals surface area contributed by atoms with Crippen molar-refractivity contribution in [3.8, 4) is 0 Å². The fourth-order valence-corrected chi connectivity index (χ4v) is 2.78. The molecule has 1 aliphatic heterocycles. The lowest BCUT2D eigenvalue weighted by Gasteiger charge is -2.09. The number of halogens is 2. The zero-order valence-corrected chi connectivity index (χ0v) is 12.9. The van der Waals surface area contributed by atoms with Gasteiger partial charge >= 0.3 is 0 Å². The van der Waals surface area contributed by atoms with E-state index in [-0.39, 0.29) is 5.91 Å². The van der Waals surface area contributed by atoms with Crippen molar-refractivity contribution in [1.29, 1.82) is 0 Å². The zero-order chi connectivity index (χ0) is 13.1. The maximum absolute atomic E-state index is 11.9. The molecule has 1 atom stereocenters. The Labute approximate surface area is 122 Å². The van der Waals surface area contributed by atoms with Gasteiger partial charge in [-0.05, 0) is 44.3 Å². The highest BCUT2D eigenvalue weighted by molar-refractivity contribution is 9.11. The number of pyridine rings is 1. The first-order valence-electron chi connectivity index (χ1n) is 5.54. The molecule has 1 unspecified atom stereocenters. The van der Waals surface area contributed by atoms with Crippen LogP contribution < -0.4 is 10.6 Å². The van der Waals surface area contributed by atoms with E-state index in [4.69, 9.17) is 0 Å². The second-order valence-corrected chi connectivity index (χ2v) is 5.59. The van der Waals surface area contributed by atoms with E-state index in [1.165, 1.54) is 0 Å². The Bertz CT molecular complexity index is 504. The number of nitrogens with zero attached hydrogens (tertiary/aromatic N) is 2. The van der Waals surface area contributed by atoms with Crippen molar-refractivity contribution in [1.82, 2.24) is 15.6 Å². The van der Waals surface area contributed by atoms with Crippen molar-refractivity contribution >= 4 is 43.7 Å². The Morgan fingerprint density at radius 1 is 1.50 bits per heavy atom. The maximum Gasteiger partial charge on any atom is 0.255 e. The molecule has 2 N–H and O–H groups in total. The number of aliphatic imine (C=N–C) groups is 1. The third kappa shape index (κ3) is 2.89. The van der Waals surface area contributed by atoms with Gasteiger partial charge in [0, 0.05) is 21.7 Å². The summed E-state index contributed by atoms with van der Waals surface area (Å²) in [6.45, 7) is 2.72. The highest BCUT2D eigenvalue weighted by atomic mass is 79.9. The molecule has 18 heavy (non-hydrogen) atoms. The van der Waals surface area contributed by atoms with Gasteiger partial charge in [0.1, 0.15) is 0 Å². The normalized spacial score (nSPS) is 20.9. The molecular formula is C11H12Br2N4O. The van der Waals surface area contributed by atoms with Crippen LogP contribution in [0, 0.1) is 0 Å². The third-order valence-electron chi connectivity index (χ3n) is 2.39. The Morgan fingerprint density at radius 3 is 2.94 bits per heavy atom. The summed E-state index contributed by atoms with van der Waals surface area (Å²) in [4.78, 5) is 20.3. The number of rotatable bonds is 3. The summed E-state index contributed by atoms with van der Waals surface area (Å²) in [5.74, 6) is 0.379. The van der Waals surface area contributed by atoms with Gasteiger partial charge in [0.15, 0.2) is 12.0 Å². The summed E-state index contributed by atoms with van der Waals surface area (Å²) >= 11 is 6.73. The molecule has 5 nitrogen and oxygen atoms in total. The summed E-state index contributed by atoms with van der Waals surface area (Å²) in [7, 11) is 0. The second kappa shape index (κ2) is 5.79. The molecule has 96 valence electrons. The number of nitrogens with one attached hydrogen (secondary N) is 2. The van der Waals surface area contributed by atoms with E-state index in [9.17, 15) is 4.79 Å². The molecule has 1 aromatic heterocycles. The Hall–Kier alpha value is -0.950. The number of carbonyl (C=O) groups excluding carboxylic acids is 1. The molecule has 7 heteroatoms. The molecule has 1 aliphatic rings. The lowest BCUT2D eigenvalue weighted by atomic mass is 10.2. The van der Waals surface area contributed by atoms with E-state index < -0.39 is 6.04 Å². The van der Waals surface area contributed by atoms with Crippen LogP contribution in [-0.4, -0.2) is 23.4 Å². The minimum absolute atomic E-state index is 0.139. The van der Waals surface area contributed by atoms with Gasteiger partial charge in [0.05, 0.1) is 5.69 Å². The van der Waals surface area contributed by atoms with Crippen LogP contribution in [0.25, 0.3) is 0 Å². The minimum Gasteiger partial charge on any atom is -0.339 e. The summed E-state index contributed by atoms with van der Waals surface area (Å²) < 4.78 is 1.64. The van der Waals surface area contributed by atoms with Crippen LogP contribution in [0.5, 0.6) is 0 Å². The van der Waals surface area contributed by atoms with Crippen molar-refractivity contribution in [2.75, 3.05) is 6.54 Å². The summed E-state index contributed by atoms with van der Waals surface area (Å²) in [5, 5.41) is 5.74. The molecule has 1 aromatic rings. The van der Waals surface area contributed by atoms with Crippen LogP contribution in [-0.2, 0) is 4.79 Å². The van der Waals surface area contributed by atoms with Gasteiger partial charge in [-0.1, -0.05) is 6.92 Å². The topological polar surface area (TPSA) is 66.4 Å². The van der Waals surface area contributed by atoms with Crippen LogP contribution in [0.15, 0.2) is 26.2 Å². The van der Waals surface area contributed by atoms with Gasteiger partial charge in [-0.25, -0.2) is 0 Å². The van der Waals surface area contributed by atoms with Crippen molar-refractivity contribution in [3.05, 3.63) is 26.9 Å². The van der Waals surface area contributed by atoms with Crippen molar-refractivity contribution in [3.63, 3.8) is 0 Å². The molecule has 1 saturated heterocycles. The number of guanidine groups is 1. The molecule has 0 bridgehead atoms. The van der Waals surface area contributed by atoms with Gasteiger partial charge in [-0.15, -0.1) is 0 Å². The van der Waals surface area contributed by atoms with Gasteiger partial charge < -0.3 is 5.32 Å². The number of hydrogen-bond donors (Lipinski definition) is 2. The van der Waals surface area contributed by atoms with E-state index in [0.29, 0.717) is 18.2 Å². The molecule has 0 saturated carbocycles. The van der Waals surface area contributed by atoms with Gasteiger partial charge in [0.2, 0.25) is 0 Å². The smallest absolute Gasteiger partial charge is 0.255 e. The van der Waals surface area contributed by atoms with Gasteiger partial charge in [-0.2, -0.15) is 0 Å². The molecule has 1 amide bonds. The molecule has 0 aromatic carbocycles. The lowest BCUT2D eigenvalue weighted by molar-refractivity contribution is -0.120. The summed E-state index contributed by atoms with van der Waals surface area (Å²) in [5.41, 5.74) is 0.650. The summed E-state index contributed by atoms with van der Waals surface area (Å²) in [6, 6.07) is 1.36. The molecular weight excluding hydrogens is 364 g/mol. The molecule has 0 aliphatic carbocycles. The number of carbonyl (C=O) groups is 1. The highest BCUT2D eigenvalue weighted by Gasteiger charge is 2.32. The Kier molecular flexibility index (Phi) is 4.34. The molecule has 0 radical (unpaired) electrons. The average molecular weight is 376 g/mol. The van der Waals surface area contributed by atoms with Crippen LogP contribution in [0.2, 0.25) is 0 Å². The quantitative estimate of drug-likeness (QED) is 0.850. The minimum atomic E-state index is -0.497. The summed E-state index contributed by atoms with van der Waals surface area (Å²) in [6.07, 6.45) is 2.60. The molecule has 0 spiro atoms. The predicted molar refractivity (Wildman–Crippen MR) is 76.2 cm³/mol. The van der Waals surface area contributed by atoms with Crippen molar-refractivity contribution < 1.29 is 4.79 Å². The van der Waals surface area contributed by atoms with E-state index in [0.717, 1.165) is 15.4 Å². The maximum atomic E-state index is 11.9. The number of aromatic nitrogens is 1. The Balaban J connectivity index is 2.21. The molecule has 2 heterocycles. The first-order chi connectivity index (χ1) is 8.61. The van der Waals surface area contributed by atoms with Crippen LogP contribution in [0.1, 0.15) is 25.1 Å². The lowest BCUT2D eigenvalue weighted by Crippen LogP contribution is -2.25. The fourth-order valence-electron chi connectivity index (χ4n) is 1.57. The van der Waals surface area contributed by atoms with Crippen LogP contribution in [0.3, 0.4) is 0 Å². The van der Waals surface area contributed by atoms with E-state index in [2.05, 4.69) is 52.5 Å². The first kappa shape index (κ1) is 13.5. The third-order valence-corrected chi connectivity index (χ3v) is 3.46. The Morgan fingerprint density at radius 2 is 2.28 bits per heavy atom. The van der Waals surface area contributed by atoms with E-state index >= 15 is 0 Å². The van der Waals surface area contributed by atoms with Crippen LogP contribution in [0.4, 0.5) is 0 Å². The van der Waals surface area contributed by atoms with Gasteiger partial charge in [0.25, 0.3) is 5.91 Å². The molecule has 2 rings (SSSR count). The van der Waals surface area contributed by atoms with Crippen molar-refractivity contribution in [2.24, 2.45) is 4.99 Å². The first-order valence-corrected chi connectivity index (χ1v) is 7.13. The largest absolute Gasteiger partial charge is 0.339 e. The van der Waals surface area contributed by atoms with Crippen LogP contribution >= 0.6 is 31.9 Å². The highest BCUT2D eigenvalue weighted by Crippen LogP contribution is 2.26. The fraction of sp³-hybridized carbons (Fsp3) is 0.364. The number of hydrogen-bond acceptors (Lipinski definition) is 3. The molecule has 1 fully saturated rings. The van der Waals surface area contributed by atoms with Gasteiger partial charge in [-0.3, -0.25) is 20.1 Å².